The first-order chi connectivity index (χ1) is 12.2. The second-order valence-electron chi connectivity index (χ2n) is 5.96. The molecule has 25 heavy (non-hydrogen) atoms. The van der Waals surface area contributed by atoms with Gasteiger partial charge in [-0.1, -0.05) is 43.7 Å². The highest BCUT2D eigenvalue weighted by molar-refractivity contribution is 7.25. The normalized spacial score (nSPS) is 11.4. The van der Waals surface area contributed by atoms with E-state index in [-0.39, 0.29) is 11.2 Å². The van der Waals surface area contributed by atoms with Gasteiger partial charge in [0.2, 0.25) is 0 Å². The van der Waals surface area contributed by atoms with Gasteiger partial charge in [-0.25, -0.2) is 9.78 Å². The lowest BCUT2D eigenvalue weighted by molar-refractivity contribution is 0.590. The van der Waals surface area contributed by atoms with E-state index < -0.39 is 0 Å². The predicted octanol–water partition coefficient (Wildman–Crippen LogP) is 3.77. The maximum absolute atomic E-state index is 12.7. The van der Waals surface area contributed by atoms with Crippen LogP contribution in [0.1, 0.15) is 19.8 Å². The molecule has 0 amide bonds. The highest BCUT2D eigenvalue weighted by Crippen LogP contribution is 2.30. The van der Waals surface area contributed by atoms with Crippen LogP contribution in [0.2, 0.25) is 0 Å². The zero-order valence-corrected chi connectivity index (χ0v) is 14.6. The molecule has 0 aliphatic rings. The highest BCUT2D eigenvalue weighted by Gasteiger charge is 2.14. The van der Waals surface area contributed by atoms with Crippen LogP contribution in [0.25, 0.3) is 31.7 Å². The van der Waals surface area contributed by atoms with Crippen LogP contribution < -0.4 is 11.2 Å². The summed E-state index contributed by atoms with van der Waals surface area (Å²) in [4.78, 5) is 33.3. The lowest BCUT2D eigenvalue weighted by Crippen LogP contribution is -2.34. The first kappa shape index (κ1) is 15.8. The summed E-state index contributed by atoms with van der Waals surface area (Å²) < 4.78 is 1.85. The van der Waals surface area contributed by atoms with E-state index in [1.54, 1.807) is 0 Å². The first-order valence-corrected chi connectivity index (χ1v) is 9.12. The van der Waals surface area contributed by atoms with Crippen molar-refractivity contribution in [2.24, 2.45) is 0 Å². The average Bonchev–Trinajstić information content (AvgIpc) is 3.00. The Labute approximate surface area is 147 Å². The summed E-state index contributed by atoms with van der Waals surface area (Å²) in [5.41, 5.74) is 1.90. The van der Waals surface area contributed by atoms with E-state index in [4.69, 9.17) is 4.98 Å². The van der Waals surface area contributed by atoms with Crippen molar-refractivity contribution >= 4 is 31.8 Å². The molecule has 4 aromatic rings. The third-order valence-corrected chi connectivity index (χ3v) is 5.36. The second-order valence-corrected chi connectivity index (χ2v) is 6.96. The minimum absolute atomic E-state index is 0.225. The maximum Gasteiger partial charge on any atom is 0.328 e. The molecule has 0 unspecified atom stereocenters. The van der Waals surface area contributed by atoms with Crippen LogP contribution in [0.3, 0.4) is 0 Å². The molecule has 0 saturated heterocycles. The minimum Gasteiger partial charge on any atom is -0.305 e. The van der Waals surface area contributed by atoms with Crippen molar-refractivity contribution in [3.05, 3.63) is 63.3 Å². The van der Waals surface area contributed by atoms with Crippen LogP contribution in [0.4, 0.5) is 0 Å². The van der Waals surface area contributed by atoms with E-state index in [0.29, 0.717) is 16.8 Å². The number of aromatic amines is 1. The molecule has 1 aromatic carbocycles. The second kappa shape index (κ2) is 6.29. The highest BCUT2D eigenvalue weighted by atomic mass is 32.1. The standard InChI is InChI=1S/C19H17N3O2S/c1-2-3-11-22-18(23)16-15(21-19(22)24)13-9-10-14(20-17(13)25-16)12-7-5-4-6-8-12/h4-10H,2-3,11H2,1H3,(H,21,24). The fraction of sp³-hybridized carbons (Fsp3) is 0.211. The lowest BCUT2D eigenvalue weighted by atomic mass is 10.1. The number of aromatic nitrogens is 3. The van der Waals surface area contributed by atoms with Crippen LogP contribution in [0.15, 0.2) is 52.1 Å². The molecule has 126 valence electrons. The SMILES string of the molecule is CCCCn1c(=O)[nH]c2c(sc3nc(-c4ccccc4)ccc32)c1=O. The number of benzene rings is 1. The molecule has 6 heteroatoms. The predicted molar refractivity (Wildman–Crippen MR) is 102 cm³/mol. The van der Waals surface area contributed by atoms with Crippen molar-refractivity contribution in [2.75, 3.05) is 0 Å². The number of H-pyrrole nitrogens is 1. The topological polar surface area (TPSA) is 67.8 Å². The molecule has 0 aliphatic heterocycles. The van der Waals surface area contributed by atoms with E-state index in [0.717, 1.165) is 34.3 Å². The fourth-order valence-electron chi connectivity index (χ4n) is 2.93. The summed E-state index contributed by atoms with van der Waals surface area (Å²) in [6.45, 7) is 2.48. The van der Waals surface area contributed by atoms with E-state index in [1.165, 1.54) is 15.9 Å². The van der Waals surface area contributed by atoms with Crippen molar-refractivity contribution in [2.45, 2.75) is 26.3 Å². The average molecular weight is 351 g/mol. The van der Waals surface area contributed by atoms with E-state index in [2.05, 4.69) is 4.98 Å². The number of unbranched alkanes of at least 4 members (excludes halogenated alkanes) is 1. The van der Waals surface area contributed by atoms with E-state index >= 15 is 0 Å². The number of pyridine rings is 1. The van der Waals surface area contributed by atoms with E-state index in [9.17, 15) is 9.59 Å². The Kier molecular flexibility index (Phi) is 3.97. The summed E-state index contributed by atoms with van der Waals surface area (Å²) in [6.07, 6.45) is 1.73. The minimum atomic E-state index is -0.349. The van der Waals surface area contributed by atoms with Crippen LogP contribution in [0.5, 0.6) is 0 Å². The summed E-state index contributed by atoms with van der Waals surface area (Å²) in [6, 6.07) is 13.7. The Balaban J connectivity index is 1.94. The van der Waals surface area contributed by atoms with Gasteiger partial charge in [-0.05, 0) is 18.6 Å². The van der Waals surface area contributed by atoms with Gasteiger partial charge in [0.25, 0.3) is 5.56 Å². The quantitative estimate of drug-likeness (QED) is 0.608. The van der Waals surface area contributed by atoms with Gasteiger partial charge in [0.1, 0.15) is 9.53 Å². The lowest BCUT2D eigenvalue weighted by Gasteiger charge is -2.03. The molecular weight excluding hydrogens is 334 g/mol. The molecule has 0 spiro atoms. The molecule has 1 N–H and O–H groups in total. The third-order valence-electron chi connectivity index (χ3n) is 4.28. The number of nitrogens with one attached hydrogen (secondary N) is 1. The zero-order valence-electron chi connectivity index (χ0n) is 13.8. The Morgan fingerprint density at radius 1 is 1.12 bits per heavy atom. The number of thiophene rings is 1. The van der Waals surface area contributed by atoms with Crippen molar-refractivity contribution in [1.29, 1.82) is 0 Å². The Bertz CT molecular complexity index is 1170. The summed E-state index contributed by atoms with van der Waals surface area (Å²) >= 11 is 1.34. The van der Waals surface area contributed by atoms with Gasteiger partial charge in [-0.2, -0.15) is 0 Å². The molecule has 3 aromatic heterocycles. The van der Waals surface area contributed by atoms with Crippen LogP contribution >= 0.6 is 11.3 Å². The summed E-state index contributed by atoms with van der Waals surface area (Å²) in [5.74, 6) is 0. The van der Waals surface area contributed by atoms with Crippen molar-refractivity contribution in [3.8, 4) is 11.3 Å². The maximum atomic E-state index is 12.7. The van der Waals surface area contributed by atoms with Gasteiger partial charge >= 0.3 is 5.69 Å². The monoisotopic (exact) mass is 351 g/mol. The largest absolute Gasteiger partial charge is 0.328 e. The van der Waals surface area contributed by atoms with Gasteiger partial charge in [0.15, 0.2) is 0 Å². The number of nitrogens with zero attached hydrogens (tertiary/aromatic N) is 2. The Morgan fingerprint density at radius 2 is 1.92 bits per heavy atom. The Morgan fingerprint density at radius 3 is 2.68 bits per heavy atom. The molecule has 0 atom stereocenters. The van der Waals surface area contributed by atoms with Gasteiger partial charge in [0.05, 0.1) is 11.2 Å². The third kappa shape index (κ3) is 2.68. The van der Waals surface area contributed by atoms with Crippen LogP contribution in [0, 0.1) is 0 Å². The van der Waals surface area contributed by atoms with Gasteiger partial charge in [0, 0.05) is 17.5 Å². The molecule has 0 saturated carbocycles. The number of hydrogen-bond acceptors (Lipinski definition) is 4. The van der Waals surface area contributed by atoms with E-state index in [1.807, 2.05) is 49.4 Å². The zero-order chi connectivity index (χ0) is 17.4. The fourth-order valence-corrected chi connectivity index (χ4v) is 4.01. The van der Waals surface area contributed by atoms with Gasteiger partial charge < -0.3 is 4.98 Å². The van der Waals surface area contributed by atoms with Crippen molar-refractivity contribution in [1.82, 2.24) is 14.5 Å². The molecular formula is C19H17N3O2S. The smallest absolute Gasteiger partial charge is 0.305 e. The molecule has 3 heterocycles. The van der Waals surface area contributed by atoms with Crippen molar-refractivity contribution in [3.63, 3.8) is 0 Å². The van der Waals surface area contributed by atoms with Crippen LogP contribution in [-0.2, 0) is 6.54 Å². The molecule has 5 nitrogen and oxygen atoms in total. The summed E-state index contributed by atoms with van der Waals surface area (Å²) in [5, 5.41) is 0.816. The molecule has 0 fully saturated rings. The van der Waals surface area contributed by atoms with Gasteiger partial charge in [-0.15, -0.1) is 11.3 Å². The first-order valence-electron chi connectivity index (χ1n) is 8.31. The molecule has 4 rings (SSSR count). The van der Waals surface area contributed by atoms with Crippen molar-refractivity contribution < 1.29 is 0 Å². The molecule has 0 bridgehead atoms. The van der Waals surface area contributed by atoms with Crippen LogP contribution in [-0.4, -0.2) is 14.5 Å². The molecule has 0 aliphatic carbocycles. The molecule has 0 radical (unpaired) electrons. The van der Waals surface area contributed by atoms with Gasteiger partial charge in [-0.3, -0.25) is 9.36 Å². The number of hydrogen-bond donors (Lipinski definition) is 1. The number of rotatable bonds is 4. The Hall–Kier alpha value is -2.73. The number of fused-ring (bicyclic) bond motifs is 3. The summed E-state index contributed by atoms with van der Waals surface area (Å²) in [7, 11) is 0.